The van der Waals surface area contributed by atoms with Gasteiger partial charge in [-0.05, 0) is 24.6 Å². The van der Waals surface area contributed by atoms with E-state index in [2.05, 4.69) is 15.5 Å². The van der Waals surface area contributed by atoms with Gasteiger partial charge in [0.2, 0.25) is 0 Å². The van der Waals surface area contributed by atoms with Crippen LogP contribution in [0.5, 0.6) is 0 Å². The quantitative estimate of drug-likeness (QED) is 0.764. The molecule has 2 aromatic rings. The summed E-state index contributed by atoms with van der Waals surface area (Å²) in [5.41, 5.74) is 7.70. The molecule has 0 fully saturated rings. The molecule has 0 saturated heterocycles. The highest BCUT2D eigenvalue weighted by molar-refractivity contribution is 6.31. The van der Waals surface area contributed by atoms with E-state index >= 15 is 0 Å². The molecular weight excluding hydrogens is 240 g/mol. The number of amides is 1. The smallest absolute Gasteiger partial charge is 0.275 e. The molecule has 1 aromatic carbocycles. The van der Waals surface area contributed by atoms with Crippen molar-refractivity contribution in [2.24, 2.45) is 0 Å². The standard InChI is InChI=1S/C11H11ClN4O/c1-6-2-3-7(12)4-9(6)15-11(17)10-8(13)5-14-16-10/h2-5H,13H2,1H3,(H,14,16)(H,15,17). The van der Waals surface area contributed by atoms with E-state index in [9.17, 15) is 4.79 Å². The summed E-state index contributed by atoms with van der Waals surface area (Å²) in [4.78, 5) is 11.9. The first-order valence-corrected chi connectivity index (χ1v) is 5.32. The summed E-state index contributed by atoms with van der Waals surface area (Å²) in [5.74, 6) is -0.342. The van der Waals surface area contributed by atoms with Crippen LogP contribution in [0, 0.1) is 6.92 Å². The maximum atomic E-state index is 11.9. The van der Waals surface area contributed by atoms with Crippen LogP contribution in [0.3, 0.4) is 0 Å². The number of nitrogen functional groups attached to an aromatic ring is 1. The zero-order valence-corrected chi connectivity index (χ0v) is 9.88. The molecule has 88 valence electrons. The molecule has 0 spiro atoms. The lowest BCUT2D eigenvalue weighted by Gasteiger charge is -2.08. The molecule has 0 aliphatic heterocycles. The molecule has 0 atom stereocenters. The predicted octanol–water partition coefficient (Wildman–Crippen LogP) is 2.21. The SMILES string of the molecule is Cc1ccc(Cl)cc1NC(=O)c1[nH]ncc1N. The molecule has 5 nitrogen and oxygen atoms in total. The van der Waals surface area contributed by atoms with Gasteiger partial charge in [0.15, 0.2) is 0 Å². The van der Waals surface area contributed by atoms with Crippen molar-refractivity contribution in [3.05, 3.63) is 40.7 Å². The molecule has 17 heavy (non-hydrogen) atoms. The van der Waals surface area contributed by atoms with E-state index in [0.29, 0.717) is 16.4 Å². The Morgan fingerprint density at radius 3 is 2.94 bits per heavy atom. The maximum Gasteiger partial charge on any atom is 0.275 e. The Morgan fingerprint density at radius 1 is 1.53 bits per heavy atom. The number of hydrogen-bond donors (Lipinski definition) is 3. The third kappa shape index (κ3) is 2.39. The van der Waals surface area contributed by atoms with Gasteiger partial charge in [-0.15, -0.1) is 0 Å². The number of aryl methyl sites for hydroxylation is 1. The van der Waals surface area contributed by atoms with Crippen LogP contribution in [0.25, 0.3) is 0 Å². The molecule has 1 aromatic heterocycles. The van der Waals surface area contributed by atoms with Gasteiger partial charge in [0, 0.05) is 10.7 Å². The lowest BCUT2D eigenvalue weighted by atomic mass is 10.2. The van der Waals surface area contributed by atoms with Crippen LogP contribution >= 0.6 is 11.6 Å². The number of carbonyl (C=O) groups excluding carboxylic acids is 1. The second-order valence-electron chi connectivity index (χ2n) is 3.61. The Balaban J connectivity index is 2.24. The summed E-state index contributed by atoms with van der Waals surface area (Å²) in [5, 5.41) is 9.51. The molecule has 1 heterocycles. The van der Waals surface area contributed by atoms with Crippen LogP contribution in [0.1, 0.15) is 16.1 Å². The van der Waals surface area contributed by atoms with E-state index in [-0.39, 0.29) is 11.6 Å². The Hall–Kier alpha value is -2.01. The predicted molar refractivity (Wildman–Crippen MR) is 67.1 cm³/mol. The average Bonchev–Trinajstić information content (AvgIpc) is 2.70. The van der Waals surface area contributed by atoms with Gasteiger partial charge in [0.05, 0.1) is 11.9 Å². The third-order valence-electron chi connectivity index (χ3n) is 2.34. The first-order chi connectivity index (χ1) is 8.08. The van der Waals surface area contributed by atoms with Gasteiger partial charge >= 0.3 is 0 Å². The van der Waals surface area contributed by atoms with E-state index in [0.717, 1.165) is 5.56 Å². The zero-order chi connectivity index (χ0) is 12.4. The Kier molecular flexibility index (Phi) is 3.01. The van der Waals surface area contributed by atoms with Crippen LogP contribution in [0.4, 0.5) is 11.4 Å². The maximum absolute atomic E-state index is 11.9. The topological polar surface area (TPSA) is 83.8 Å². The molecule has 6 heteroatoms. The number of halogens is 1. The highest BCUT2D eigenvalue weighted by atomic mass is 35.5. The van der Waals surface area contributed by atoms with Crippen LogP contribution in [-0.4, -0.2) is 16.1 Å². The molecule has 0 aliphatic rings. The second kappa shape index (κ2) is 4.47. The highest BCUT2D eigenvalue weighted by Gasteiger charge is 2.12. The molecule has 2 rings (SSSR count). The Labute approximate surface area is 103 Å². The normalized spacial score (nSPS) is 10.2. The van der Waals surface area contributed by atoms with Crippen molar-refractivity contribution in [3.63, 3.8) is 0 Å². The van der Waals surface area contributed by atoms with Crippen molar-refractivity contribution in [1.82, 2.24) is 10.2 Å². The first-order valence-electron chi connectivity index (χ1n) is 4.94. The number of nitrogens with two attached hydrogens (primary N) is 1. The van der Waals surface area contributed by atoms with E-state index in [1.807, 2.05) is 13.0 Å². The van der Waals surface area contributed by atoms with Crippen molar-refractivity contribution in [2.75, 3.05) is 11.1 Å². The number of benzene rings is 1. The number of aromatic amines is 1. The van der Waals surface area contributed by atoms with E-state index < -0.39 is 0 Å². The zero-order valence-electron chi connectivity index (χ0n) is 9.12. The fourth-order valence-electron chi connectivity index (χ4n) is 1.39. The largest absolute Gasteiger partial charge is 0.396 e. The van der Waals surface area contributed by atoms with Crippen molar-refractivity contribution in [2.45, 2.75) is 6.92 Å². The highest BCUT2D eigenvalue weighted by Crippen LogP contribution is 2.21. The lowest BCUT2D eigenvalue weighted by molar-refractivity contribution is 0.102. The van der Waals surface area contributed by atoms with Gasteiger partial charge in [-0.3, -0.25) is 9.89 Å². The lowest BCUT2D eigenvalue weighted by Crippen LogP contribution is -2.14. The van der Waals surface area contributed by atoms with Crippen molar-refractivity contribution in [3.8, 4) is 0 Å². The van der Waals surface area contributed by atoms with Crippen LogP contribution in [-0.2, 0) is 0 Å². The molecule has 1 amide bonds. The number of anilines is 2. The molecule has 4 N–H and O–H groups in total. The summed E-state index contributed by atoms with van der Waals surface area (Å²) in [6.07, 6.45) is 1.39. The van der Waals surface area contributed by atoms with Crippen molar-refractivity contribution in [1.29, 1.82) is 0 Å². The minimum Gasteiger partial charge on any atom is -0.396 e. The van der Waals surface area contributed by atoms with Gasteiger partial charge in [-0.1, -0.05) is 17.7 Å². The third-order valence-corrected chi connectivity index (χ3v) is 2.58. The van der Waals surface area contributed by atoms with Crippen LogP contribution in [0.2, 0.25) is 5.02 Å². The molecule has 0 saturated carbocycles. The number of nitrogens with zero attached hydrogens (tertiary/aromatic N) is 1. The summed E-state index contributed by atoms with van der Waals surface area (Å²) in [6, 6.07) is 5.27. The van der Waals surface area contributed by atoms with Crippen molar-refractivity contribution < 1.29 is 4.79 Å². The van der Waals surface area contributed by atoms with Crippen LogP contribution in [0.15, 0.2) is 24.4 Å². The number of hydrogen-bond acceptors (Lipinski definition) is 3. The summed E-state index contributed by atoms with van der Waals surface area (Å²) in [6.45, 7) is 1.88. The summed E-state index contributed by atoms with van der Waals surface area (Å²) < 4.78 is 0. The first kappa shape index (κ1) is 11.5. The van der Waals surface area contributed by atoms with Gasteiger partial charge in [-0.25, -0.2) is 0 Å². The van der Waals surface area contributed by atoms with Crippen LogP contribution < -0.4 is 11.1 Å². The number of carbonyl (C=O) groups is 1. The second-order valence-corrected chi connectivity index (χ2v) is 4.05. The monoisotopic (exact) mass is 250 g/mol. The van der Waals surface area contributed by atoms with Gasteiger partial charge in [0.1, 0.15) is 5.69 Å². The molecule has 0 bridgehead atoms. The van der Waals surface area contributed by atoms with E-state index in [1.54, 1.807) is 12.1 Å². The molecule has 0 unspecified atom stereocenters. The van der Waals surface area contributed by atoms with E-state index in [1.165, 1.54) is 6.20 Å². The summed E-state index contributed by atoms with van der Waals surface area (Å²) in [7, 11) is 0. The van der Waals surface area contributed by atoms with Gasteiger partial charge in [0.25, 0.3) is 5.91 Å². The Bertz CT molecular complexity index is 564. The fraction of sp³-hybridized carbons (Fsp3) is 0.0909. The number of H-pyrrole nitrogens is 1. The number of nitrogens with one attached hydrogen (secondary N) is 2. The van der Waals surface area contributed by atoms with E-state index in [4.69, 9.17) is 17.3 Å². The molecule has 0 aliphatic carbocycles. The number of rotatable bonds is 2. The minimum absolute atomic E-state index is 0.240. The Morgan fingerprint density at radius 2 is 2.29 bits per heavy atom. The minimum atomic E-state index is -0.342. The average molecular weight is 251 g/mol. The van der Waals surface area contributed by atoms with Gasteiger partial charge < -0.3 is 11.1 Å². The molecular formula is C11H11ClN4O. The fourth-order valence-corrected chi connectivity index (χ4v) is 1.56. The molecule has 0 radical (unpaired) electrons. The van der Waals surface area contributed by atoms with Crippen molar-refractivity contribution >= 4 is 28.9 Å². The van der Waals surface area contributed by atoms with Gasteiger partial charge in [-0.2, -0.15) is 5.10 Å². The number of aromatic nitrogens is 2. The summed E-state index contributed by atoms with van der Waals surface area (Å²) >= 11 is 5.86.